The molecule has 0 unspecified atom stereocenters. The molecule has 0 bridgehead atoms. The van der Waals surface area contributed by atoms with Gasteiger partial charge in [0.2, 0.25) is 53.2 Å². The average Bonchev–Trinajstić information content (AvgIpc) is 1.60. The van der Waals surface area contributed by atoms with Gasteiger partial charge in [0.15, 0.2) is 0 Å². The Balaban J connectivity index is 0.000000118. The Hall–Kier alpha value is -12.2. The molecule has 125 heavy (non-hydrogen) atoms. The minimum Gasteiger partial charge on any atom is -0.497 e. The van der Waals surface area contributed by atoms with Gasteiger partial charge in [-0.25, -0.2) is 0 Å². The lowest BCUT2D eigenvalue weighted by atomic mass is 9.82. The first-order chi connectivity index (χ1) is 60.1. The van der Waals surface area contributed by atoms with E-state index in [1.807, 2.05) is 53.4 Å². The summed E-state index contributed by atoms with van der Waals surface area (Å²) in [7, 11) is 10.0. The van der Waals surface area contributed by atoms with Gasteiger partial charge < -0.3 is 62.8 Å². The van der Waals surface area contributed by atoms with Crippen molar-refractivity contribution in [1.29, 1.82) is 0 Å². The van der Waals surface area contributed by atoms with Crippen molar-refractivity contribution in [2.75, 3.05) is 108 Å². The topological polar surface area (TPSA) is 391 Å². The van der Waals surface area contributed by atoms with Gasteiger partial charge in [-0.2, -0.15) is 0 Å². The zero-order valence-corrected chi connectivity index (χ0v) is 71.9. The van der Waals surface area contributed by atoms with Crippen molar-refractivity contribution in [3.63, 3.8) is 0 Å². The predicted octanol–water partition coefficient (Wildman–Crippen LogP) is 5.57. The number of hydrogen-bond acceptors (Lipinski definition) is 25. The number of primary amides is 1. The van der Waals surface area contributed by atoms with Crippen molar-refractivity contribution in [2.45, 2.75) is 138 Å². The lowest BCUT2D eigenvalue weighted by Gasteiger charge is -2.29. The number of nitrogens with one attached hydrogen (secondary N) is 4. The largest absolute Gasteiger partial charge is 0.497 e. The summed E-state index contributed by atoms with van der Waals surface area (Å²) < 4.78 is 38.4. The highest BCUT2D eigenvalue weighted by Gasteiger charge is 2.58. The van der Waals surface area contributed by atoms with E-state index in [9.17, 15) is 62.3 Å². The van der Waals surface area contributed by atoms with Crippen molar-refractivity contribution in [2.24, 2.45) is 5.73 Å². The van der Waals surface area contributed by atoms with Crippen LogP contribution < -0.4 is 45.9 Å². The number of methoxy groups -OCH3 is 5. The molecule has 8 aromatic rings. The highest BCUT2D eigenvalue weighted by molar-refractivity contribution is 7.12. The normalized spacial score (nSPS) is 22.9. The molecule has 4 aromatic carbocycles. The van der Waals surface area contributed by atoms with Gasteiger partial charge in [-0.3, -0.25) is 93.4 Å². The van der Waals surface area contributed by atoms with Crippen LogP contribution in [0.15, 0.2) is 106 Å². The number of imide groups is 4. The van der Waals surface area contributed by atoms with Crippen LogP contribution in [-0.2, 0) is 147 Å². The van der Waals surface area contributed by atoms with E-state index in [4.69, 9.17) is 38.3 Å². The molecule has 11 aliphatic heterocycles. The Morgan fingerprint density at radius 2 is 0.760 bits per heavy atom. The standard InChI is InChI=1S/C24H27N3O5S.C23H24N4O6.C22H23N3O4S.C22H22N2O5/c1-31-8-7-26-6-5-19-16(12-26)9-20(33-19)24(11-21(28)25-23(24)30)14-27-13-15-3-4-17(32-2)10-18(15)22(27)29;1-32-15-3-2-13-10-27(21(30)16(13)7-15)12-23(8-20(29)25-22(23)31)18-6-14-9-26(11-19(24)28)5-4-17(14)33-18;1-24-6-5-17-14(10-24)7-18(30-17)22(9-19(26)23-21(22)28)12-25-11-13-3-4-15(29-2)8-16(13)20(25)27;1-28-15-7-6-14-11-24(20(26)16(14)9-15)12-22(10-19(25)23-21(22)27)18-8-13-4-2-3-5-17(13)29-18/h3-4,9-10H,5-8,11-14H2,1-2H3,(H,25,28,30);2-3,6-7H,4-5,8-12H2,1H3,(H2,24,28)(H,25,29,31);3-4,7-8H,5-6,9-12H2,1-2H3,(H,23,26,28);6-9H,2-5,10-12H2,1H3,(H,23,25,27)/t24-;23-;2*22-/m1111/s1. The maximum Gasteiger partial charge on any atom is 0.254 e. The van der Waals surface area contributed by atoms with Gasteiger partial charge in [-0.1, -0.05) is 24.3 Å². The van der Waals surface area contributed by atoms with Gasteiger partial charge in [-0.15, -0.1) is 22.7 Å². The van der Waals surface area contributed by atoms with Crippen molar-refractivity contribution in [1.82, 2.24) is 55.6 Å². The van der Waals surface area contributed by atoms with E-state index in [0.717, 1.165) is 126 Å². The number of aryl methyl sites for hydroxylation is 2. The van der Waals surface area contributed by atoms with Crippen LogP contribution in [0.5, 0.6) is 23.0 Å². The second-order valence-electron chi connectivity index (χ2n) is 34.2. The van der Waals surface area contributed by atoms with Gasteiger partial charge in [0.05, 0.1) is 54.4 Å². The number of carbonyl (C=O) groups excluding carboxylic acids is 13. The number of nitrogens with zero attached hydrogens (tertiary/aromatic N) is 7. The second-order valence-corrected chi connectivity index (χ2v) is 36.4. The smallest absolute Gasteiger partial charge is 0.254 e. The number of fused-ring (bicyclic) bond motifs is 8. The van der Waals surface area contributed by atoms with E-state index in [2.05, 4.69) is 50.2 Å². The van der Waals surface area contributed by atoms with Gasteiger partial charge in [0, 0.05) is 178 Å². The molecule has 652 valence electrons. The minimum atomic E-state index is -1.31. The number of nitrogens with two attached hydrogens (primary N) is 1. The average molecular weight is 1740 g/mol. The van der Waals surface area contributed by atoms with Crippen LogP contribution in [0.25, 0.3) is 0 Å². The van der Waals surface area contributed by atoms with E-state index < -0.39 is 45.3 Å². The third-order valence-corrected chi connectivity index (χ3v) is 28.9. The van der Waals surface area contributed by atoms with Crippen LogP contribution in [-0.4, -0.2) is 219 Å². The number of benzene rings is 4. The molecule has 15 heterocycles. The first-order valence-corrected chi connectivity index (χ1v) is 43.4. The van der Waals surface area contributed by atoms with E-state index in [-0.39, 0.29) is 112 Å². The minimum absolute atomic E-state index is 0.0117. The Kier molecular flexibility index (Phi) is 23.1. The quantitative estimate of drug-likeness (QED) is 0.0549. The molecule has 20 rings (SSSR count). The summed E-state index contributed by atoms with van der Waals surface area (Å²) in [6.07, 6.45) is 6.32. The maximum atomic E-state index is 13.2. The summed E-state index contributed by atoms with van der Waals surface area (Å²) in [5.74, 6) is 1.03. The summed E-state index contributed by atoms with van der Waals surface area (Å²) in [4.78, 5) is 182. The number of rotatable bonds is 21. The fourth-order valence-corrected chi connectivity index (χ4v) is 22.0. The van der Waals surface area contributed by atoms with E-state index in [1.54, 1.807) is 107 Å². The zero-order valence-electron chi connectivity index (χ0n) is 70.2. The first kappa shape index (κ1) is 85.0. The molecule has 4 fully saturated rings. The Morgan fingerprint density at radius 1 is 0.400 bits per heavy atom. The molecule has 0 saturated carbocycles. The third-order valence-electron chi connectivity index (χ3n) is 26.0. The molecule has 13 amide bonds. The number of thiophene rings is 2. The van der Waals surface area contributed by atoms with Gasteiger partial charge in [-0.05, 0) is 151 Å². The molecule has 4 saturated heterocycles. The first-order valence-electron chi connectivity index (χ1n) is 41.7. The van der Waals surface area contributed by atoms with Crippen molar-refractivity contribution < 1.29 is 94.8 Å². The summed E-state index contributed by atoms with van der Waals surface area (Å²) in [5.41, 5.74) is 10.9. The zero-order chi connectivity index (χ0) is 87.7. The number of hydrogen-bond donors (Lipinski definition) is 5. The van der Waals surface area contributed by atoms with Crippen LogP contribution in [0.2, 0.25) is 0 Å². The molecule has 34 heteroatoms. The van der Waals surface area contributed by atoms with E-state index >= 15 is 0 Å². The number of likely N-dealkylation sites (N-methyl/N-ethyl adjacent to an activating group) is 1. The highest BCUT2D eigenvalue weighted by atomic mass is 32.1. The molecule has 4 atom stereocenters. The fourth-order valence-electron chi connectivity index (χ4n) is 19.3. The molecule has 6 N–H and O–H groups in total. The monoisotopic (exact) mass is 1740 g/mol. The number of ether oxygens (including phenoxy) is 5. The summed E-state index contributed by atoms with van der Waals surface area (Å²) >= 11 is 3.22. The lowest BCUT2D eigenvalue weighted by Crippen LogP contribution is -2.46. The van der Waals surface area contributed by atoms with Gasteiger partial charge in [0.25, 0.3) is 23.6 Å². The molecular formula is C91H96N12O20S2. The predicted molar refractivity (Wildman–Crippen MR) is 450 cm³/mol. The Labute approximate surface area is 727 Å². The lowest BCUT2D eigenvalue weighted by molar-refractivity contribution is -0.128. The van der Waals surface area contributed by atoms with Crippen LogP contribution >= 0.6 is 22.7 Å². The molecule has 12 aliphatic rings. The van der Waals surface area contributed by atoms with Crippen molar-refractivity contribution in [3.05, 3.63) is 206 Å². The van der Waals surface area contributed by atoms with Crippen LogP contribution in [0.3, 0.4) is 0 Å². The Bertz CT molecular complexity index is 5800. The number of carbonyl (C=O) groups is 13. The maximum absolute atomic E-state index is 13.2. The van der Waals surface area contributed by atoms with E-state index in [1.165, 1.54) is 28.0 Å². The molecular weight excluding hydrogens is 1650 g/mol. The summed E-state index contributed by atoms with van der Waals surface area (Å²) in [6.45, 7) is 8.32. The van der Waals surface area contributed by atoms with Gasteiger partial charge >= 0.3 is 0 Å². The van der Waals surface area contributed by atoms with E-state index in [0.29, 0.717) is 109 Å². The van der Waals surface area contributed by atoms with Crippen molar-refractivity contribution in [3.8, 4) is 23.0 Å². The van der Waals surface area contributed by atoms with Crippen LogP contribution in [0, 0.1) is 0 Å². The summed E-state index contributed by atoms with van der Waals surface area (Å²) in [6, 6.07) is 29.5. The van der Waals surface area contributed by atoms with Gasteiger partial charge in [0.1, 0.15) is 67.7 Å². The van der Waals surface area contributed by atoms with Crippen LogP contribution in [0.4, 0.5) is 0 Å². The SMILES string of the molecule is COCCN1CCc2sc([C@]3(CN4Cc5ccc(OC)cc5C4=O)CC(=O)NC3=O)cc2C1.COc1ccc2c(c1)C(=O)N(C[C@@]1(c3cc4c(o3)CCCC4)CC(=O)NC1=O)C2.COc1ccc2c(c1)C(=O)N(C[C@@]1(c3cc4c(o3)CCN(CC(N)=O)C4)CC(=O)NC1=O)C2.COc1ccc2c(c1)C(=O)N(C[C@@]1(c3cc4c(s3)CCN(C)C4)CC(=O)NC1=O)C2. The molecule has 0 spiro atoms. The molecule has 1 aliphatic carbocycles. The highest BCUT2D eigenvalue weighted by Crippen LogP contribution is 2.47. The fraction of sp³-hybridized carbons (Fsp3) is 0.418. The van der Waals surface area contributed by atoms with Crippen molar-refractivity contribution >= 4 is 99.5 Å². The molecule has 32 nitrogen and oxygen atoms in total. The third kappa shape index (κ3) is 16.0. The number of amides is 13. The molecule has 4 aromatic heterocycles. The Morgan fingerprint density at radius 3 is 1.14 bits per heavy atom. The molecule has 0 radical (unpaired) electrons. The number of furan rings is 2. The second kappa shape index (κ2) is 34.0. The van der Waals surface area contributed by atoms with Crippen LogP contribution in [0.1, 0.15) is 167 Å². The summed E-state index contributed by atoms with van der Waals surface area (Å²) in [5, 5.41) is 9.78.